The molecule has 3 heterocycles. The standard InChI is InChI=1S/C15H21N7O/c1-11(2)14-18-15(20-19-14)13-10-21(5-6-23-13)3-4-22-9-12(7-16)8-17-22/h8-9,11,13H,3-6,10H2,1-2H3,(H,18,19,20)/t13-/m1/s1. The minimum atomic E-state index is -0.0731. The lowest BCUT2D eigenvalue weighted by Crippen LogP contribution is -2.40. The van der Waals surface area contributed by atoms with Crippen molar-refractivity contribution in [3.63, 3.8) is 0 Å². The van der Waals surface area contributed by atoms with Crippen molar-refractivity contribution in [2.75, 3.05) is 26.2 Å². The lowest BCUT2D eigenvalue weighted by molar-refractivity contribution is -0.0352. The predicted octanol–water partition coefficient (Wildman–Crippen LogP) is 1.07. The summed E-state index contributed by atoms with van der Waals surface area (Å²) in [4.78, 5) is 6.85. The third-order valence-corrected chi connectivity index (χ3v) is 3.90. The second-order valence-corrected chi connectivity index (χ2v) is 6.00. The number of morpholine rings is 1. The van der Waals surface area contributed by atoms with Crippen LogP contribution in [-0.4, -0.2) is 56.1 Å². The van der Waals surface area contributed by atoms with Gasteiger partial charge in [0.05, 0.1) is 24.9 Å². The van der Waals surface area contributed by atoms with Gasteiger partial charge >= 0.3 is 0 Å². The molecular formula is C15H21N7O. The van der Waals surface area contributed by atoms with Crippen molar-refractivity contribution in [1.82, 2.24) is 29.9 Å². The first-order valence-corrected chi connectivity index (χ1v) is 7.84. The number of nitrogens with one attached hydrogen (secondary N) is 1. The molecule has 23 heavy (non-hydrogen) atoms. The van der Waals surface area contributed by atoms with E-state index in [0.29, 0.717) is 18.1 Å². The molecule has 1 N–H and O–H groups in total. The molecule has 0 unspecified atom stereocenters. The second kappa shape index (κ2) is 6.89. The Morgan fingerprint density at radius 3 is 3.04 bits per heavy atom. The van der Waals surface area contributed by atoms with Gasteiger partial charge < -0.3 is 4.74 Å². The van der Waals surface area contributed by atoms with E-state index in [-0.39, 0.29) is 6.10 Å². The SMILES string of the molecule is CC(C)c1n[nH]c([C@H]2CN(CCn3cc(C#N)cn3)CCO2)n1. The van der Waals surface area contributed by atoms with Crippen molar-refractivity contribution in [2.45, 2.75) is 32.4 Å². The zero-order valence-corrected chi connectivity index (χ0v) is 13.4. The lowest BCUT2D eigenvalue weighted by Gasteiger charge is -2.31. The molecule has 0 amide bonds. The summed E-state index contributed by atoms with van der Waals surface area (Å²) in [5, 5.41) is 20.2. The van der Waals surface area contributed by atoms with Crippen LogP contribution in [0.3, 0.4) is 0 Å². The van der Waals surface area contributed by atoms with Gasteiger partial charge in [-0.2, -0.15) is 15.5 Å². The van der Waals surface area contributed by atoms with Crippen molar-refractivity contribution < 1.29 is 4.74 Å². The van der Waals surface area contributed by atoms with E-state index >= 15 is 0 Å². The molecule has 0 spiro atoms. The summed E-state index contributed by atoms with van der Waals surface area (Å²) >= 11 is 0. The summed E-state index contributed by atoms with van der Waals surface area (Å²) in [7, 11) is 0. The van der Waals surface area contributed by atoms with Crippen LogP contribution in [0.1, 0.15) is 43.1 Å². The molecule has 3 rings (SSSR count). The minimum Gasteiger partial charge on any atom is -0.368 e. The quantitative estimate of drug-likeness (QED) is 0.886. The Hall–Kier alpha value is -2.24. The van der Waals surface area contributed by atoms with Gasteiger partial charge in [0.2, 0.25) is 0 Å². The Balaban J connectivity index is 1.56. The number of hydrogen-bond donors (Lipinski definition) is 1. The zero-order chi connectivity index (χ0) is 16.2. The summed E-state index contributed by atoms with van der Waals surface area (Å²) in [6.45, 7) is 8.08. The van der Waals surface area contributed by atoms with Crippen molar-refractivity contribution in [1.29, 1.82) is 5.26 Å². The van der Waals surface area contributed by atoms with Gasteiger partial charge in [0.15, 0.2) is 11.6 Å². The van der Waals surface area contributed by atoms with Crippen molar-refractivity contribution in [2.24, 2.45) is 0 Å². The minimum absolute atomic E-state index is 0.0731. The summed E-state index contributed by atoms with van der Waals surface area (Å²) in [5.41, 5.74) is 0.590. The van der Waals surface area contributed by atoms with Gasteiger partial charge in [-0.15, -0.1) is 0 Å². The molecule has 8 heteroatoms. The largest absolute Gasteiger partial charge is 0.368 e. The Kier molecular flexibility index (Phi) is 4.69. The van der Waals surface area contributed by atoms with Crippen molar-refractivity contribution >= 4 is 0 Å². The zero-order valence-electron chi connectivity index (χ0n) is 13.4. The lowest BCUT2D eigenvalue weighted by atomic mass is 10.2. The molecule has 1 fully saturated rings. The van der Waals surface area contributed by atoms with Crippen LogP contribution < -0.4 is 0 Å². The van der Waals surface area contributed by atoms with E-state index in [1.807, 2.05) is 0 Å². The Morgan fingerprint density at radius 2 is 2.35 bits per heavy atom. The van der Waals surface area contributed by atoms with E-state index < -0.39 is 0 Å². The van der Waals surface area contributed by atoms with E-state index in [0.717, 1.165) is 37.8 Å². The van der Waals surface area contributed by atoms with Crippen LogP contribution in [0.4, 0.5) is 0 Å². The highest BCUT2D eigenvalue weighted by Gasteiger charge is 2.25. The number of hydrogen-bond acceptors (Lipinski definition) is 6. The molecule has 1 aliphatic rings. The molecule has 0 bridgehead atoms. The topological polar surface area (TPSA) is 95.7 Å². The van der Waals surface area contributed by atoms with Gasteiger partial charge in [-0.3, -0.25) is 14.7 Å². The van der Waals surface area contributed by atoms with Gasteiger partial charge in [-0.05, 0) is 0 Å². The Bertz CT molecular complexity index is 684. The molecule has 0 saturated carbocycles. The number of aromatic amines is 1. The highest BCUT2D eigenvalue weighted by atomic mass is 16.5. The van der Waals surface area contributed by atoms with Crippen molar-refractivity contribution in [3.05, 3.63) is 29.6 Å². The maximum absolute atomic E-state index is 8.82. The number of nitriles is 1. The van der Waals surface area contributed by atoms with Gasteiger partial charge in [-0.1, -0.05) is 13.8 Å². The van der Waals surface area contributed by atoms with Crippen LogP contribution >= 0.6 is 0 Å². The number of ether oxygens (including phenoxy) is 1. The van der Waals surface area contributed by atoms with Crippen LogP contribution in [0.5, 0.6) is 0 Å². The molecular weight excluding hydrogens is 294 g/mol. The van der Waals surface area contributed by atoms with Gasteiger partial charge in [0.1, 0.15) is 12.2 Å². The number of nitrogens with zero attached hydrogens (tertiary/aromatic N) is 6. The molecule has 1 saturated heterocycles. The van der Waals surface area contributed by atoms with E-state index in [2.05, 4.69) is 45.1 Å². The normalized spacial score (nSPS) is 19.1. The predicted molar refractivity (Wildman–Crippen MR) is 82.5 cm³/mol. The molecule has 0 aromatic carbocycles. The van der Waals surface area contributed by atoms with Crippen LogP contribution in [0, 0.1) is 11.3 Å². The van der Waals surface area contributed by atoms with E-state index in [1.165, 1.54) is 0 Å². The fourth-order valence-electron chi connectivity index (χ4n) is 2.55. The first-order chi connectivity index (χ1) is 11.2. The van der Waals surface area contributed by atoms with Crippen LogP contribution in [0.25, 0.3) is 0 Å². The average molecular weight is 315 g/mol. The van der Waals surface area contributed by atoms with Gasteiger partial charge in [0, 0.05) is 31.7 Å². The van der Waals surface area contributed by atoms with E-state index in [4.69, 9.17) is 10.00 Å². The smallest absolute Gasteiger partial charge is 0.155 e. The monoisotopic (exact) mass is 315 g/mol. The molecule has 2 aromatic heterocycles. The van der Waals surface area contributed by atoms with E-state index in [9.17, 15) is 0 Å². The Labute approximate surface area is 135 Å². The maximum Gasteiger partial charge on any atom is 0.155 e. The van der Waals surface area contributed by atoms with Crippen LogP contribution in [0.15, 0.2) is 12.4 Å². The third kappa shape index (κ3) is 3.75. The first-order valence-electron chi connectivity index (χ1n) is 7.84. The summed E-state index contributed by atoms with van der Waals surface area (Å²) in [6.07, 6.45) is 3.28. The summed E-state index contributed by atoms with van der Waals surface area (Å²) in [5.74, 6) is 1.92. The number of rotatable bonds is 5. The highest BCUT2D eigenvalue weighted by molar-refractivity contribution is 5.21. The molecule has 0 aliphatic carbocycles. The van der Waals surface area contributed by atoms with Crippen LogP contribution in [-0.2, 0) is 11.3 Å². The fourth-order valence-corrected chi connectivity index (χ4v) is 2.55. The molecule has 8 nitrogen and oxygen atoms in total. The number of H-pyrrole nitrogens is 1. The van der Waals surface area contributed by atoms with Gasteiger partial charge in [-0.25, -0.2) is 4.98 Å². The van der Waals surface area contributed by atoms with E-state index in [1.54, 1.807) is 17.1 Å². The summed E-state index contributed by atoms with van der Waals surface area (Å²) in [6, 6.07) is 2.09. The first kappa shape index (κ1) is 15.6. The summed E-state index contributed by atoms with van der Waals surface area (Å²) < 4.78 is 7.62. The third-order valence-electron chi connectivity index (χ3n) is 3.90. The van der Waals surface area contributed by atoms with Crippen LogP contribution in [0.2, 0.25) is 0 Å². The number of aromatic nitrogens is 5. The molecule has 122 valence electrons. The molecule has 0 radical (unpaired) electrons. The average Bonchev–Trinajstić information content (AvgIpc) is 3.22. The fraction of sp³-hybridized carbons (Fsp3) is 0.600. The van der Waals surface area contributed by atoms with Crippen molar-refractivity contribution in [3.8, 4) is 6.07 Å². The highest BCUT2D eigenvalue weighted by Crippen LogP contribution is 2.20. The maximum atomic E-state index is 8.82. The Morgan fingerprint density at radius 1 is 1.48 bits per heavy atom. The molecule has 1 aliphatic heterocycles. The molecule has 1 atom stereocenters. The molecule has 2 aromatic rings. The van der Waals surface area contributed by atoms with Gasteiger partial charge in [0.25, 0.3) is 0 Å². The second-order valence-electron chi connectivity index (χ2n) is 6.00.